The zero-order valence-electron chi connectivity index (χ0n) is 31.5. The second-order valence-corrected chi connectivity index (χ2v) is 15.9. The van der Waals surface area contributed by atoms with Crippen LogP contribution in [0.15, 0.2) is 103 Å². The van der Waals surface area contributed by atoms with Crippen LogP contribution >= 0.6 is 11.8 Å². The van der Waals surface area contributed by atoms with Crippen molar-refractivity contribution in [1.29, 1.82) is 0 Å². The summed E-state index contributed by atoms with van der Waals surface area (Å²) in [4.78, 5) is 72.7. The third-order valence-electron chi connectivity index (χ3n) is 10.9. The Balaban J connectivity index is 1.20. The molecular formula is C44H52N4O6S. The number of piperidine rings is 1. The first-order valence-electron chi connectivity index (χ1n) is 19.5. The lowest BCUT2D eigenvalue weighted by atomic mass is 9.86. The van der Waals surface area contributed by atoms with Gasteiger partial charge in [0.15, 0.2) is 0 Å². The number of nitrogens with one attached hydrogen (secondary N) is 2. The van der Waals surface area contributed by atoms with Crippen LogP contribution in [0.4, 0.5) is 5.69 Å². The highest BCUT2D eigenvalue weighted by atomic mass is 32.2. The van der Waals surface area contributed by atoms with Crippen molar-refractivity contribution in [3.8, 4) is 0 Å². The molecule has 3 aliphatic rings. The lowest BCUT2D eigenvalue weighted by molar-refractivity contribution is -0.156. The minimum atomic E-state index is -0.774. The van der Waals surface area contributed by atoms with Crippen molar-refractivity contribution < 1.29 is 28.7 Å². The predicted octanol–water partition coefficient (Wildman–Crippen LogP) is 5.85. The first-order chi connectivity index (χ1) is 26.8. The molecule has 0 aromatic heterocycles. The van der Waals surface area contributed by atoms with E-state index in [4.69, 9.17) is 4.74 Å². The van der Waals surface area contributed by atoms with E-state index in [0.29, 0.717) is 63.7 Å². The molecule has 10 nitrogen and oxygen atoms in total. The second-order valence-electron chi connectivity index (χ2n) is 14.6. The summed E-state index contributed by atoms with van der Waals surface area (Å²) in [5, 5.41) is 6.09. The zero-order chi connectivity index (χ0) is 38.6. The standard InChI is InChI=1S/C44H52N4O6S/c1-54-44(53)38-22-14-23-39-48(38)43(52)37(26-28-55-39)46-41(50)34(30-32-17-8-3-9-18-32)25-24-33(29-31-15-6-2-7-16-31)40(49)45-36-21-12-5-13-27-47(42(36)51)35-19-10-4-11-20-35/h2-11,13,15-20,33-34,36-39H,12,14,21-30H2,1H3,(H,45,49)(H,46,50)/b13-5-/t33-,34-,36+,37+,38+,39+/m1/s1. The number of esters is 1. The molecule has 2 N–H and O–H groups in total. The van der Waals surface area contributed by atoms with Crippen molar-refractivity contribution in [3.63, 3.8) is 0 Å². The number of hydrogen-bond acceptors (Lipinski definition) is 7. The van der Waals surface area contributed by atoms with Gasteiger partial charge in [-0.3, -0.25) is 19.2 Å². The van der Waals surface area contributed by atoms with E-state index in [1.807, 2.05) is 97.1 Å². The fourth-order valence-corrected chi connectivity index (χ4v) is 9.31. The zero-order valence-corrected chi connectivity index (χ0v) is 32.3. The number of allylic oxidation sites excluding steroid dienone is 1. The number of methoxy groups -OCH3 is 1. The average molecular weight is 765 g/mol. The Hall–Kier alpha value is -4.90. The average Bonchev–Trinajstić information content (AvgIpc) is 3.37. The number of carbonyl (C=O) groups excluding carboxylic acids is 5. The molecule has 6 atom stereocenters. The molecule has 55 heavy (non-hydrogen) atoms. The number of fused-ring (bicyclic) bond motifs is 1. The minimum absolute atomic E-state index is 0.134. The number of para-hydroxylation sites is 1. The van der Waals surface area contributed by atoms with Crippen molar-refractivity contribution in [3.05, 3.63) is 114 Å². The second kappa shape index (κ2) is 19.6. The summed E-state index contributed by atoms with van der Waals surface area (Å²) < 4.78 is 5.07. The Morgan fingerprint density at radius 2 is 1.29 bits per heavy atom. The predicted molar refractivity (Wildman–Crippen MR) is 215 cm³/mol. The molecule has 3 heterocycles. The maximum atomic E-state index is 14.3. The summed E-state index contributed by atoms with van der Waals surface area (Å²) in [5.74, 6) is -1.68. The number of thioether (sulfide) groups is 1. The molecule has 0 radical (unpaired) electrons. The van der Waals surface area contributed by atoms with Gasteiger partial charge in [-0.2, -0.15) is 0 Å². The number of benzene rings is 3. The molecule has 3 aliphatic heterocycles. The number of hydrogen-bond donors (Lipinski definition) is 2. The van der Waals surface area contributed by atoms with Crippen LogP contribution in [0.1, 0.15) is 62.5 Å². The Morgan fingerprint density at radius 3 is 1.87 bits per heavy atom. The maximum Gasteiger partial charge on any atom is 0.328 e. The molecule has 11 heteroatoms. The summed E-state index contributed by atoms with van der Waals surface area (Å²) in [6.07, 6.45) is 9.44. The van der Waals surface area contributed by atoms with Crippen LogP contribution in [0.3, 0.4) is 0 Å². The number of carbonyl (C=O) groups is 5. The number of anilines is 1. The molecule has 0 spiro atoms. The van der Waals surface area contributed by atoms with E-state index in [1.165, 1.54) is 7.11 Å². The summed E-state index contributed by atoms with van der Waals surface area (Å²) in [7, 11) is 1.34. The monoisotopic (exact) mass is 764 g/mol. The molecule has 2 saturated heterocycles. The lowest BCUT2D eigenvalue weighted by Crippen LogP contribution is -2.57. The molecule has 3 aromatic carbocycles. The van der Waals surface area contributed by atoms with Gasteiger partial charge in [0, 0.05) is 24.1 Å². The van der Waals surface area contributed by atoms with Gasteiger partial charge < -0.3 is 25.2 Å². The van der Waals surface area contributed by atoms with Crippen molar-refractivity contribution in [2.75, 3.05) is 24.3 Å². The van der Waals surface area contributed by atoms with Crippen LogP contribution in [0.25, 0.3) is 0 Å². The molecule has 6 rings (SSSR count). The van der Waals surface area contributed by atoms with Crippen molar-refractivity contribution in [1.82, 2.24) is 15.5 Å². The van der Waals surface area contributed by atoms with Crippen LogP contribution in [0.2, 0.25) is 0 Å². The molecular weight excluding hydrogens is 713 g/mol. The smallest absolute Gasteiger partial charge is 0.328 e. The highest BCUT2D eigenvalue weighted by Crippen LogP contribution is 2.35. The summed E-state index contributed by atoms with van der Waals surface area (Å²) in [5.41, 5.74) is 2.74. The first-order valence-corrected chi connectivity index (χ1v) is 20.6. The topological polar surface area (TPSA) is 125 Å². The summed E-state index contributed by atoms with van der Waals surface area (Å²) in [6, 6.07) is 26.9. The fourth-order valence-electron chi connectivity index (χ4n) is 7.92. The molecule has 4 amide bonds. The van der Waals surface area contributed by atoms with Gasteiger partial charge in [-0.05, 0) is 93.2 Å². The highest BCUT2D eigenvalue weighted by molar-refractivity contribution is 7.99. The van der Waals surface area contributed by atoms with E-state index in [0.717, 1.165) is 29.7 Å². The Labute approximate surface area is 328 Å². The normalized spacial score (nSPS) is 23.2. The summed E-state index contributed by atoms with van der Waals surface area (Å²) in [6.45, 7) is 0.420. The lowest BCUT2D eigenvalue weighted by Gasteiger charge is -2.40. The number of nitrogens with zero attached hydrogens (tertiary/aromatic N) is 2. The van der Waals surface area contributed by atoms with Gasteiger partial charge in [0.05, 0.1) is 12.5 Å². The van der Waals surface area contributed by atoms with Gasteiger partial charge in [-0.25, -0.2) is 4.79 Å². The summed E-state index contributed by atoms with van der Waals surface area (Å²) >= 11 is 1.65. The molecule has 290 valence electrons. The van der Waals surface area contributed by atoms with Crippen LogP contribution in [-0.4, -0.2) is 77.4 Å². The number of rotatable bonds is 13. The quantitative estimate of drug-likeness (QED) is 0.165. The van der Waals surface area contributed by atoms with Crippen molar-refractivity contribution in [2.24, 2.45) is 11.8 Å². The fraction of sp³-hybridized carbons (Fsp3) is 0.432. The molecule has 3 aromatic rings. The van der Waals surface area contributed by atoms with E-state index >= 15 is 0 Å². The number of amides is 4. The number of ether oxygens (including phenoxy) is 1. The minimum Gasteiger partial charge on any atom is -0.467 e. The molecule has 0 saturated carbocycles. The molecule has 2 fully saturated rings. The van der Waals surface area contributed by atoms with Gasteiger partial charge in [0.1, 0.15) is 18.1 Å². The SMILES string of the molecule is COC(=O)[C@@H]1CCC[C@@H]2SCC[C@H](NC(=O)[C@H](CC[C@H](Cc3ccccc3)C(=O)N[C@H]3CC/C=C\CN(c4ccccc4)C3=O)Cc3ccccc3)C(=O)N21. The van der Waals surface area contributed by atoms with Gasteiger partial charge in [-0.15, -0.1) is 11.8 Å². The van der Waals surface area contributed by atoms with E-state index < -0.39 is 35.9 Å². The third kappa shape index (κ3) is 10.4. The largest absolute Gasteiger partial charge is 0.467 e. The first kappa shape index (κ1) is 39.8. The van der Waals surface area contributed by atoms with Crippen molar-refractivity contribution in [2.45, 2.75) is 87.7 Å². The van der Waals surface area contributed by atoms with E-state index in [-0.39, 0.29) is 29.0 Å². The van der Waals surface area contributed by atoms with Gasteiger partial charge in [-0.1, -0.05) is 91.0 Å². The van der Waals surface area contributed by atoms with Gasteiger partial charge >= 0.3 is 5.97 Å². The molecule has 0 unspecified atom stereocenters. The molecule has 0 bridgehead atoms. The van der Waals surface area contributed by atoms with E-state index in [9.17, 15) is 24.0 Å². The Morgan fingerprint density at radius 1 is 0.727 bits per heavy atom. The van der Waals surface area contributed by atoms with Crippen LogP contribution in [0, 0.1) is 11.8 Å². The highest BCUT2D eigenvalue weighted by Gasteiger charge is 2.44. The van der Waals surface area contributed by atoms with Gasteiger partial charge in [0.25, 0.3) is 0 Å². The maximum absolute atomic E-state index is 14.3. The van der Waals surface area contributed by atoms with Crippen LogP contribution in [-0.2, 0) is 41.6 Å². The third-order valence-corrected chi connectivity index (χ3v) is 12.2. The van der Waals surface area contributed by atoms with Crippen LogP contribution in [0.5, 0.6) is 0 Å². The molecule has 0 aliphatic carbocycles. The Bertz CT molecular complexity index is 1790. The van der Waals surface area contributed by atoms with Crippen molar-refractivity contribution >= 4 is 47.0 Å². The van der Waals surface area contributed by atoms with Crippen LogP contribution < -0.4 is 15.5 Å². The van der Waals surface area contributed by atoms with Gasteiger partial charge in [0.2, 0.25) is 23.6 Å². The van der Waals surface area contributed by atoms with E-state index in [2.05, 4.69) is 16.7 Å². The van der Waals surface area contributed by atoms with E-state index in [1.54, 1.807) is 21.6 Å². The Kier molecular flexibility index (Phi) is 14.2.